The molecule has 3 rings (SSSR count). The summed E-state index contributed by atoms with van der Waals surface area (Å²) in [5, 5.41) is 2.61. The van der Waals surface area contributed by atoms with Gasteiger partial charge in [0.25, 0.3) is 0 Å². The molecule has 1 heterocycles. The molecule has 1 N–H and O–H groups in total. The molecule has 0 aromatic heterocycles. The number of rotatable bonds is 5. The van der Waals surface area contributed by atoms with Crippen molar-refractivity contribution in [2.75, 3.05) is 23.4 Å². The summed E-state index contributed by atoms with van der Waals surface area (Å²) in [6.07, 6.45) is 0.119. The minimum Gasteiger partial charge on any atom is -0.494 e. The molecule has 1 aliphatic rings. The maximum atomic E-state index is 13.2. The van der Waals surface area contributed by atoms with Crippen molar-refractivity contribution >= 4 is 34.8 Å². The summed E-state index contributed by atoms with van der Waals surface area (Å²) in [5.74, 6) is -0.730. The largest absolute Gasteiger partial charge is 0.494 e. The second-order valence-corrected chi connectivity index (χ2v) is 6.36. The normalized spacial score (nSPS) is 16.7. The quantitative estimate of drug-likeness (QED) is 0.861. The maximum Gasteiger partial charge on any atom is 0.229 e. The Kier molecular flexibility index (Phi) is 5.42. The zero-order valence-electron chi connectivity index (χ0n) is 14.2. The van der Waals surface area contributed by atoms with E-state index in [2.05, 4.69) is 5.32 Å². The predicted molar refractivity (Wildman–Crippen MR) is 98.1 cm³/mol. The average molecular weight is 377 g/mol. The van der Waals surface area contributed by atoms with E-state index in [0.29, 0.717) is 12.3 Å². The van der Waals surface area contributed by atoms with Gasteiger partial charge in [0.2, 0.25) is 11.8 Å². The fraction of sp³-hybridized carbons (Fsp3) is 0.263. The van der Waals surface area contributed by atoms with E-state index in [9.17, 15) is 14.0 Å². The highest BCUT2D eigenvalue weighted by Crippen LogP contribution is 2.28. The standard InChI is InChI=1S/C19H18ClFN2O3/c1-2-26-15-6-4-14(5-7-15)23-11-12(9-18(23)24)19(25)22-13-3-8-17(21)16(20)10-13/h3-8,10,12H,2,9,11H2,1H3,(H,22,25). The molecule has 26 heavy (non-hydrogen) atoms. The lowest BCUT2D eigenvalue weighted by Crippen LogP contribution is -2.28. The van der Waals surface area contributed by atoms with Crippen molar-refractivity contribution in [2.45, 2.75) is 13.3 Å². The number of hydrogen-bond donors (Lipinski definition) is 1. The molecule has 0 spiro atoms. The SMILES string of the molecule is CCOc1ccc(N2CC(C(=O)Nc3ccc(F)c(Cl)c3)CC2=O)cc1. The fourth-order valence-electron chi connectivity index (χ4n) is 2.84. The van der Waals surface area contributed by atoms with E-state index < -0.39 is 11.7 Å². The molecule has 136 valence electrons. The number of carbonyl (C=O) groups is 2. The van der Waals surface area contributed by atoms with Gasteiger partial charge in [0.05, 0.1) is 17.5 Å². The molecule has 2 aromatic rings. The van der Waals surface area contributed by atoms with Crippen LogP contribution in [0, 0.1) is 11.7 Å². The molecule has 0 aliphatic carbocycles. The first-order chi connectivity index (χ1) is 12.5. The Hall–Kier alpha value is -2.60. The molecule has 0 saturated carbocycles. The lowest BCUT2D eigenvalue weighted by atomic mass is 10.1. The van der Waals surface area contributed by atoms with Crippen LogP contribution in [-0.2, 0) is 9.59 Å². The second-order valence-electron chi connectivity index (χ2n) is 5.95. The van der Waals surface area contributed by atoms with Gasteiger partial charge in [0.1, 0.15) is 11.6 Å². The van der Waals surface area contributed by atoms with Crippen LogP contribution >= 0.6 is 11.6 Å². The van der Waals surface area contributed by atoms with Crippen LogP contribution in [0.1, 0.15) is 13.3 Å². The topological polar surface area (TPSA) is 58.6 Å². The van der Waals surface area contributed by atoms with Crippen LogP contribution in [0.3, 0.4) is 0 Å². The van der Waals surface area contributed by atoms with Crippen molar-refractivity contribution in [3.05, 3.63) is 53.3 Å². The van der Waals surface area contributed by atoms with Crippen molar-refractivity contribution in [1.29, 1.82) is 0 Å². The Morgan fingerprint density at radius 1 is 1.31 bits per heavy atom. The molecule has 2 aromatic carbocycles. The van der Waals surface area contributed by atoms with E-state index in [4.69, 9.17) is 16.3 Å². The highest BCUT2D eigenvalue weighted by molar-refractivity contribution is 6.31. The van der Waals surface area contributed by atoms with Gasteiger partial charge in [-0.3, -0.25) is 9.59 Å². The van der Waals surface area contributed by atoms with Crippen LogP contribution in [0.2, 0.25) is 5.02 Å². The number of benzene rings is 2. The van der Waals surface area contributed by atoms with Gasteiger partial charge in [0, 0.05) is 24.3 Å². The monoisotopic (exact) mass is 376 g/mol. The summed E-state index contributed by atoms with van der Waals surface area (Å²) in [7, 11) is 0. The summed E-state index contributed by atoms with van der Waals surface area (Å²) < 4.78 is 18.6. The molecular formula is C19H18ClFN2O3. The zero-order chi connectivity index (χ0) is 18.7. The third-order valence-electron chi connectivity index (χ3n) is 4.14. The van der Waals surface area contributed by atoms with Gasteiger partial charge in [-0.1, -0.05) is 11.6 Å². The molecule has 5 nitrogen and oxygen atoms in total. The summed E-state index contributed by atoms with van der Waals surface area (Å²) in [6.45, 7) is 2.75. The Bertz CT molecular complexity index is 826. The Morgan fingerprint density at radius 2 is 2.04 bits per heavy atom. The third kappa shape index (κ3) is 3.96. The summed E-state index contributed by atoms with van der Waals surface area (Å²) in [6, 6.07) is 11.1. The number of nitrogens with one attached hydrogen (secondary N) is 1. The summed E-state index contributed by atoms with van der Waals surface area (Å²) in [4.78, 5) is 26.3. The Balaban J connectivity index is 1.66. The van der Waals surface area contributed by atoms with Crippen molar-refractivity contribution in [1.82, 2.24) is 0 Å². The van der Waals surface area contributed by atoms with Gasteiger partial charge < -0.3 is 15.0 Å². The second kappa shape index (κ2) is 7.74. The van der Waals surface area contributed by atoms with Gasteiger partial charge in [-0.2, -0.15) is 0 Å². The van der Waals surface area contributed by atoms with E-state index in [1.165, 1.54) is 18.2 Å². The van der Waals surface area contributed by atoms with Crippen molar-refractivity contribution in [2.24, 2.45) is 5.92 Å². The summed E-state index contributed by atoms with van der Waals surface area (Å²) >= 11 is 5.72. The molecule has 1 fully saturated rings. The number of nitrogens with zero attached hydrogens (tertiary/aromatic N) is 1. The number of amides is 2. The van der Waals surface area contributed by atoms with Gasteiger partial charge in [-0.05, 0) is 49.4 Å². The fourth-order valence-corrected chi connectivity index (χ4v) is 3.02. The van der Waals surface area contributed by atoms with Gasteiger partial charge in [-0.15, -0.1) is 0 Å². The van der Waals surface area contributed by atoms with Crippen LogP contribution in [-0.4, -0.2) is 25.0 Å². The number of carbonyl (C=O) groups excluding carboxylic acids is 2. The van der Waals surface area contributed by atoms with E-state index in [1.807, 2.05) is 6.92 Å². The van der Waals surface area contributed by atoms with Gasteiger partial charge in [0.15, 0.2) is 0 Å². The molecule has 0 bridgehead atoms. The van der Waals surface area contributed by atoms with Crippen molar-refractivity contribution in [3.8, 4) is 5.75 Å². The van der Waals surface area contributed by atoms with Crippen LogP contribution in [0.5, 0.6) is 5.75 Å². The molecular weight excluding hydrogens is 359 g/mol. The van der Waals surface area contributed by atoms with Crippen molar-refractivity contribution in [3.63, 3.8) is 0 Å². The highest BCUT2D eigenvalue weighted by Gasteiger charge is 2.35. The molecule has 1 saturated heterocycles. The number of anilines is 2. The highest BCUT2D eigenvalue weighted by atomic mass is 35.5. The van der Waals surface area contributed by atoms with Crippen LogP contribution < -0.4 is 15.0 Å². The van der Waals surface area contributed by atoms with Crippen LogP contribution in [0.15, 0.2) is 42.5 Å². The predicted octanol–water partition coefficient (Wildman–Crippen LogP) is 3.87. The van der Waals surface area contributed by atoms with E-state index in [0.717, 1.165) is 11.4 Å². The van der Waals surface area contributed by atoms with Gasteiger partial charge in [-0.25, -0.2) is 4.39 Å². The molecule has 1 unspecified atom stereocenters. The minimum absolute atomic E-state index is 0.0682. The van der Waals surface area contributed by atoms with E-state index in [-0.39, 0.29) is 29.8 Å². The zero-order valence-corrected chi connectivity index (χ0v) is 14.9. The maximum absolute atomic E-state index is 13.2. The lowest BCUT2D eigenvalue weighted by Gasteiger charge is -2.17. The van der Waals surface area contributed by atoms with Crippen molar-refractivity contribution < 1.29 is 18.7 Å². The number of halogens is 2. The molecule has 2 amide bonds. The first kappa shape index (κ1) is 18.2. The lowest BCUT2D eigenvalue weighted by molar-refractivity contribution is -0.122. The molecule has 0 radical (unpaired) electrons. The average Bonchev–Trinajstić information content (AvgIpc) is 3.01. The minimum atomic E-state index is -0.553. The Labute approximate surface area is 155 Å². The smallest absolute Gasteiger partial charge is 0.229 e. The number of ether oxygens (including phenoxy) is 1. The van der Waals surface area contributed by atoms with Crippen LogP contribution in [0.4, 0.5) is 15.8 Å². The van der Waals surface area contributed by atoms with Crippen LogP contribution in [0.25, 0.3) is 0 Å². The first-order valence-electron chi connectivity index (χ1n) is 8.27. The van der Waals surface area contributed by atoms with E-state index in [1.54, 1.807) is 29.2 Å². The van der Waals surface area contributed by atoms with E-state index >= 15 is 0 Å². The molecule has 1 atom stereocenters. The molecule has 1 aliphatic heterocycles. The Morgan fingerprint density at radius 3 is 2.69 bits per heavy atom. The number of hydrogen-bond acceptors (Lipinski definition) is 3. The third-order valence-corrected chi connectivity index (χ3v) is 4.43. The summed E-state index contributed by atoms with van der Waals surface area (Å²) in [5.41, 5.74) is 1.12. The molecule has 7 heteroatoms. The van der Waals surface area contributed by atoms with Gasteiger partial charge >= 0.3 is 0 Å². The first-order valence-corrected chi connectivity index (χ1v) is 8.65.